The SMILES string of the molecule is CCOC(CC(=O)O)C(=O)Nc1cccc(Cl)c1. The quantitative estimate of drug-likeness (QED) is 0.831. The van der Waals surface area contributed by atoms with Crippen LogP contribution in [0, 0.1) is 0 Å². The maximum absolute atomic E-state index is 11.8. The van der Waals surface area contributed by atoms with Gasteiger partial charge in [0.2, 0.25) is 0 Å². The second kappa shape index (κ2) is 6.98. The Balaban J connectivity index is 2.69. The fourth-order valence-corrected chi connectivity index (χ4v) is 1.57. The van der Waals surface area contributed by atoms with Gasteiger partial charge in [0.05, 0.1) is 6.42 Å². The van der Waals surface area contributed by atoms with E-state index in [1.165, 1.54) is 0 Å². The summed E-state index contributed by atoms with van der Waals surface area (Å²) in [6.07, 6.45) is -1.38. The molecule has 0 bridgehead atoms. The normalized spacial score (nSPS) is 11.9. The molecule has 1 aromatic rings. The summed E-state index contributed by atoms with van der Waals surface area (Å²) in [4.78, 5) is 22.4. The van der Waals surface area contributed by atoms with Crippen LogP contribution in [-0.4, -0.2) is 29.7 Å². The van der Waals surface area contributed by atoms with Crippen LogP contribution >= 0.6 is 11.6 Å². The number of hydrogen-bond acceptors (Lipinski definition) is 3. The van der Waals surface area contributed by atoms with Crippen LogP contribution in [0.5, 0.6) is 0 Å². The number of carbonyl (C=O) groups excluding carboxylic acids is 1. The Morgan fingerprint density at radius 3 is 2.78 bits per heavy atom. The van der Waals surface area contributed by atoms with Gasteiger partial charge < -0.3 is 15.2 Å². The second-order valence-electron chi connectivity index (χ2n) is 3.54. The molecule has 2 N–H and O–H groups in total. The van der Waals surface area contributed by atoms with E-state index in [1.54, 1.807) is 31.2 Å². The van der Waals surface area contributed by atoms with Crippen LogP contribution in [0.2, 0.25) is 5.02 Å². The molecule has 1 amide bonds. The number of rotatable bonds is 6. The number of hydrogen-bond donors (Lipinski definition) is 2. The van der Waals surface area contributed by atoms with Crippen molar-refractivity contribution in [2.45, 2.75) is 19.4 Å². The number of amides is 1. The third-order valence-corrected chi connectivity index (χ3v) is 2.35. The lowest BCUT2D eigenvalue weighted by Crippen LogP contribution is -2.32. The molecule has 18 heavy (non-hydrogen) atoms. The fraction of sp³-hybridized carbons (Fsp3) is 0.333. The van der Waals surface area contributed by atoms with E-state index in [0.29, 0.717) is 10.7 Å². The molecule has 0 heterocycles. The molecule has 1 aromatic carbocycles. The molecule has 5 nitrogen and oxygen atoms in total. The summed E-state index contributed by atoms with van der Waals surface area (Å²) in [5.74, 6) is -1.59. The van der Waals surface area contributed by atoms with Crippen molar-refractivity contribution >= 4 is 29.2 Å². The van der Waals surface area contributed by atoms with Crippen molar-refractivity contribution in [3.8, 4) is 0 Å². The zero-order valence-corrected chi connectivity index (χ0v) is 10.6. The lowest BCUT2D eigenvalue weighted by Gasteiger charge is -2.14. The minimum atomic E-state index is -1.09. The lowest BCUT2D eigenvalue weighted by atomic mass is 10.2. The van der Waals surface area contributed by atoms with Crippen LogP contribution in [0.15, 0.2) is 24.3 Å². The number of carbonyl (C=O) groups is 2. The van der Waals surface area contributed by atoms with Gasteiger partial charge in [-0.3, -0.25) is 9.59 Å². The van der Waals surface area contributed by atoms with Crippen molar-refractivity contribution < 1.29 is 19.4 Å². The number of nitrogens with one attached hydrogen (secondary N) is 1. The smallest absolute Gasteiger partial charge is 0.306 e. The van der Waals surface area contributed by atoms with Crippen molar-refractivity contribution in [3.05, 3.63) is 29.3 Å². The molecule has 1 rings (SSSR count). The molecule has 0 aliphatic heterocycles. The average molecular weight is 272 g/mol. The van der Waals surface area contributed by atoms with E-state index in [9.17, 15) is 9.59 Å². The Labute approximate surface area is 110 Å². The molecule has 0 saturated carbocycles. The van der Waals surface area contributed by atoms with Crippen molar-refractivity contribution in [1.82, 2.24) is 0 Å². The number of anilines is 1. The van der Waals surface area contributed by atoms with Crippen LogP contribution in [0.3, 0.4) is 0 Å². The maximum atomic E-state index is 11.8. The zero-order chi connectivity index (χ0) is 13.5. The first-order valence-corrected chi connectivity index (χ1v) is 5.80. The Kier molecular flexibility index (Phi) is 5.61. The van der Waals surface area contributed by atoms with Crippen molar-refractivity contribution in [3.63, 3.8) is 0 Å². The maximum Gasteiger partial charge on any atom is 0.306 e. The zero-order valence-electron chi connectivity index (χ0n) is 9.85. The van der Waals surface area contributed by atoms with Gasteiger partial charge in [-0.2, -0.15) is 0 Å². The minimum Gasteiger partial charge on any atom is -0.481 e. The molecule has 6 heteroatoms. The molecule has 0 fully saturated rings. The van der Waals surface area contributed by atoms with Crippen LogP contribution in [-0.2, 0) is 14.3 Å². The van der Waals surface area contributed by atoms with Crippen LogP contribution < -0.4 is 5.32 Å². The molecule has 98 valence electrons. The summed E-state index contributed by atoms with van der Waals surface area (Å²) in [5.41, 5.74) is 0.502. The van der Waals surface area contributed by atoms with Gasteiger partial charge in [-0.25, -0.2) is 0 Å². The molecule has 1 unspecified atom stereocenters. The predicted molar refractivity (Wildman–Crippen MR) is 67.7 cm³/mol. The van der Waals surface area contributed by atoms with Crippen LogP contribution in [0.4, 0.5) is 5.69 Å². The van der Waals surface area contributed by atoms with E-state index in [0.717, 1.165) is 0 Å². The molecular weight excluding hydrogens is 258 g/mol. The number of carboxylic acid groups (broad SMARTS) is 1. The summed E-state index contributed by atoms with van der Waals surface area (Å²) >= 11 is 5.78. The van der Waals surface area contributed by atoms with Crippen LogP contribution in [0.1, 0.15) is 13.3 Å². The van der Waals surface area contributed by atoms with Crippen molar-refractivity contribution in [2.75, 3.05) is 11.9 Å². The van der Waals surface area contributed by atoms with Gasteiger partial charge in [-0.1, -0.05) is 17.7 Å². The standard InChI is InChI=1S/C12H14ClNO4/c1-2-18-10(7-11(15)16)12(17)14-9-5-3-4-8(13)6-9/h3-6,10H,2,7H2,1H3,(H,14,17)(H,15,16). The Morgan fingerprint density at radius 1 is 1.50 bits per heavy atom. The van der Waals surface area contributed by atoms with E-state index in [2.05, 4.69) is 5.32 Å². The Hall–Kier alpha value is -1.59. The summed E-state index contributed by atoms with van der Waals surface area (Å²) in [6, 6.07) is 6.59. The number of ether oxygens (including phenoxy) is 1. The highest BCUT2D eigenvalue weighted by atomic mass is 35.5. The van der Waals surface area contributed by atoms with Crippen molar-refractivity contribution in [2.24, 2.45) is 0 Å². The first-order chi connectivity index (χ1) is 8.52. The molecule has 0 aliphatic rings. The van der Waals surface area contributed by atoms with Gasteiger partial charge in [-0.15, -0.1) is 0 Å². The topological polar surface area (TPSA) is 75.6 Å². The summed E-state index contributed by atoms with van der Waals surface area (Å²) in [5, 5.41) is 11.7. The summed E-state index contributed by atoms with van der Waals surface area (Å²) < 4.78 is 5.09. The molecular formula is C12H14ClNO4. The molecule has 0 aliphatic carbocycles. The third-order valence-electron chi connectivity index (χ3n) is 2.11. The van der Waals surface area contributed by atoms with Gasteiger partial charge in [0.1, 0.15) is 6.10 Å². The van der Waals surface area contributed by atoms with E-state index < -0.39 is 18.0 Å². The molecule has 0 radical (unpaired) electrons. The van der Waals surface area contributed by atoms with E-state index in [4.69, 9.17) is 21.4 Å². The highest BCUT2D eigenvalue weighted by Crippen LogP contribution is 2.15. The highest BCUT2D eigenvalue weighted by Gasteiger charge is 2.22. The fourth-order valence-electron chi connectivity index (χ4n) is 1.38. The van der Waals surface area contributed by atoms with Gasteiger partial charge in [-0.05, 0) is 25.1 Å². The Morgan fingerprint density at radius 2 is 2.22 bits per heavy atom. The minimum absolute atomic E-state index is 0.265. The predicted octanol–water partition coefficient (Wildman–Crippen LogP) is 2.16. The number of halogens is 1. The van der Waals surface area contributed by atoms with Crippen molar-refractivity contribution in [1.29, 1.82) is 0 Å². The second-order valence-corrected chi connectivity index (χ2v) is 3.98. The number of aliphatic carboxylic acids is 1. The highest BCUT2D eigenvalue weighted by molar-refractivity contribution is 6.30. The summed E-state index contributed by atoms with van der Waals surface area (Å²) in [6.45, 7) is 1.96. The average Bonchev–Trinajstić information content (AvgIpc) is 2.27. The van der Waals surface area contributed by atoms with E-state index >= 15 is 0 Å². The largest absolute Gasteiger partial charge is 0.481 e. The number of carboxylic acids is 1. The number of benzene rings is 1. The monoisotopic (exact) mass is 271 g/mol. The lowest BCUT2D eigenvalue weighted by molar-refractivity contribution is -0.144. The van der Waals surface area contributed by atoms with Crippen LogP contribution in [0.25, 0.3) is 0 Å². The first-order valence-electron chi connectivity index (χ1n) is 5.42. The third kappa shape index (κ3) is 4.73. The first kappa shape index (κ1) is 14.5. The van der Waals surface area contributed by atoms with E-state index in [-0.39, 0.29) is 13.0 Å². The summed E-state index contributed by atoms with van der Waals surface area (Å²) in [7, 11) is 0. The molecule has 0 saturated heterocycles. The Bertz CT molecular complexity index is 436. The molecule has 0 aromatic heterocycles. The van der Waals surface area contributed by atoms with Gasteiger partial charge in [0.25, 0.3) is 5.91 Å². The molecule has 1 atom stereocenters. The van der Waals surface area contributed by atoms with Gasteiger partial charge >= 0.3 is 5.97 Å². The molecule has 0 spiro atoms. The van der Waals surface area contributed by atoms with Gasteiger partial charge in [0, 0.05) is 17.3 Å². The van der Waals surface area contributed by atoms with Gasteiger partial charge in [0.15, 0.2) is 0 Å². The van der Waals surface area contributed by atoms with E-state index in [1.807, 2.05) is 0 Å².